The van der Waals surface area contributed by atoms with Gasteiger partial charge in [0.05, 0.1) is 4.92 Å². The lowest BCUT2D eigenvalue weighted by Crippen LogP contribution is -2.21. The monoisotopic (exact) mass is 380 g/mol. The van der Waals surface area contributed by atoms with Crippen LogP contribution in [0.5, 0.6) is 0 Å². The third-order valence-electron chi connectivity index (χ3n) is 4.35. The molecule has 1 aromatic heterocycles. The minimum absolute atomic E-state index is 0.184. The molecule has 1 heterocycles. The number of hydrogen-bond acceptors (Lipinski definition) is 6. The van der Waals surface area contributed by atoms with E-state index in [1.54, 1.807) is 0 Å². The molecule has 0 unspecified atom stereocenters. The Labute approximate surface area is 161 Å². The van der Waals surface area contributed by atoms with Crippen molar-refractivity contribution in [2.75, 3.05) is 23.3 Å². The van der Waals surface area contributed by atoms with Gasteiger partial charge in [-0.05, 0) is 50.2 Å². The van der Waals surface area contributed by atoms with Crippen molar-refractivity contribution in [1.82, 2.24) is 14.8 Å². The first-order valence-corrected chi connectivity index (χ1v) is 8.83. The van der Waals surface area contributed by atoms with Crippen molar-refractivity contribution in [3.63, 3.8) is 0 Å². The van der Waals surface area contributed by atoms with Crippen molar-refractivity contribution in [1.29, 1.82) is 0 Å². The zero-order chi connectivity index (χ0) is 20.1. The molecule has 28 heavy (non-hydrogen) atoms. The maximum absolute atomic E-state index is 12.5. The van der Waals surface area contributed by atoms with Crippen LogP contribution in [0.15, 0.2) is 55.1 Å². The summed E-state index contributed by atoms with van der Waals surface area (Å²) < 4.78 is 1.28. The molecule has 9 nitrogen and oxygen atoms in total. The van der Waals surface area contributed by atoms with Crippen molar-refractivity contribution >= 4 is 23.0 Å². The molecule has 0 fully saturated rings. The molecule has 0 spiro atoms. The molecule has 144 valence electrons. The van der Waals surface area contributed by atoms with Crippen LogP contribution in [-0.4, -0.2) is 38.7 Å². The van der Waals surface area contributed by atoms with Gasteiger partial charge >= 0.3 is 0 Å². The van der Waals surface area contributed by atoms with E-state index in [1.165, 1.54) is 35.5 Å². The van der Waals surface area contributed by atoms with E-state index in [0.29, 0.717) is 5.69 Å². The zero-order valence-corrected chi connectivity index (χ0v) is 15.6. The molecule has 0 aliphatic heterocycles. The van der Waals surface area contributed by atoms with Crippen molar-refractivity contribution in [3.8, 4) is 5.69 Å². The molecule has 0 atom stereocenters. The van der Waals surface area contributed by atoms with Crippen LogP contribution in [0.25, 0.3) is 5.69 Å². The fourth-order valence-corrected chi connectivity index (χ4v) is 2.88. The standard InChI is InChI=1S/C19H20N6O3/c1-3-23(4-2)16-8-6-15(7-9-16)22-19(26)14-5-10-17(18(11-14)25(27)28)24-13-20-12-21-24/h5-13H,3-4H2,1-2H3,(H,22,26). The Morgan fingerprint density at radius 1 is 1.18 bits per heavy atom. The van der Waals surface area contributed by atoms with Crippen LogP contribution in [0, 0.1) is 10.1 Å². The van der Waals surface area contributed by atoms with E-state index in [-0.39, 0.29) is 16.9 Å². The lowest BCUT2D eigenvalue weighted by Gasteiger charge is -2.21. The minimum atomic E-state index is -0.549. The summed E-state index contributed by atoms with van der Waals surface area (Å²) in [7, 11) is 0. The summed E-state index contributed by atoms with van der Waals surface area (Å²) in [4.78, 5) is 29.4. The Balaban J connectivity index is 1.81. The fraction of sp³-hybridized carbons (Fsp3) is 0.211. The zero-order valence-electron chi connectivity index (χ0n) is 15.6. The molecule has 1 N–H and O–H groups in total. The van der Waals surface area contributed by atoms with Crippen LogP contribution in [0.3, 0.4) is 0 Å². The third kappa shape index (κ3) is 3.98. The first kappa shape index (κ1) is 19.0. The van der Waals surface area contributed by atoms with E-state index in [9.17, 15) is 14.9 Å². The number of nitro groups is 1. The van der Waals surface area contributed by atoms with Gasteiger partial charge in [-0.2, -0.15) is 5.10 Å². The molecule has 0 bridgehead atoms. The molecule has 0 saturated carbocycles. The van der Waals surface area contributed by atoms with E-state index >= 15 is 0 Å². The molecule has 9 heteroatoms. The first-order valence-electron chi connectivity index (χ1n) is 8.83. The number of nitro benzene ring substituents is 1. The number of carbonyl (C=O) groups excluding carboxylic acids is 1. The number of amides is 1. The largest absolute Gasteiger partial charge is 0.372 e. The van der Waals surface area contributed by atoms with Gasteiger partial charge in [-0.25, -0.2) is 9.67 Å². The van der Waals surface area contributed by atoms with Crippen LogP contribution in [-0.2, 0) is 0 Å². The molecule has 2 aromatic carbocycles. The maximum Gasteiger partial charge on any atom is 0.295 e. The van der Waals surface area contributed by atoms with Crippen molar-refractivity contribution < 1.29 is 9.72 Å². The van der Waals surface area contributed by atoms with Crippen LogP contribution < -0.4 is 10.2 Å². The Hall–Kier alpha value is -3.75. The molecular formula is C19H20N6O3. The number of nitrogens with one attached hydrogen (secondary N) is 1. The highest BCUT2D eigenvalue weighted by atomic mass is 16.6. The number of nitrogens with zero attached hydrogens (tertiary/aromatic N) is 5. The molecule has 0 aliphatic carbocycles. The van der Waals surface area contributed by atoms with Crippen molar-refractivity contribution in [3.05, 3.63) is 70.8 Å². The van der Waals surface area contributed by atoms with E-state index in [1.807, 2.05) is 24.3 Å². The van der Waals surface area contributed by atoms with Crippen molar-refractivity contribution in [2.24, 2.45) is 0 Å². The van der Waals surface area contributed by atoms with Gasteiger partial charge in [0.25, 0.3) is 11.6 Å². The summed E-state index contributed by atoms with van der Waals surface area (Å²) in [5.41, 5.74) is 1.88. The van der Waals surface area contributed by atoms with Gasteiger partial charge in [0.2, 0.25) is 0 Å². The molecule has 3 aromatic rings. The Bertz CT molecular complexity index is 966. The summed E-state index contributed by atoms with van der Waals surface area (Å²) >= 11 is 0. The number of carbonyl (C=O) groups is 1. The second-order valence-electron chi connectivity index (χ2n) is 5.97. The number of hydrogen-bond donors (Lipinski definition) is 1. The van der Waals surface area contributed by atoms with Gasteiger partial charge in [-0.1, -0.05) is 0 Å². The summed E-state index contributed by atoms with van der Waals surface area (Å²) in [5, 5.41) is 18.1. The summed E-state index contributed by atoms with van der Waals surface area (Å²) in [6.45, 7) is 5.94. The van der Waals surface area contributed by atoms with Gasteiger partial charge in [0, 0.05) is 36.1 Å². The quantitative estimate of drug-likeness (QED) is 0.498. The fourth-order valence-electron chi connectivity index (χ4n) is 2.88. The van der Waals surface area contributed by atoms with E-state index < -0.39 is 10.8 Å². The van der Waals surface area contributed by atoms with Gasteiger partial charge < -0.3 is 10.2 Å². The molecule has 0 saturated heterocycles. The van der Waals surface area contributed by atoms with Crippen molar-refractivity contribution in [2.45, 2.75) is 13.8 Å². The SMILES string of the molecule is CCN(CC)c1ccc(NC(=O)c2ccc(-n3cncn3)c([N+](=O)[O-])c2)cc1. The average Bonchev–Trinajstić information content (AvgIpc) is 3.24. The van der Waals surface area contributed by atoms with Gasteiger partial charge in [-0.15, -0.1) is 0 Å². The molecule has 0 aliphatic rings. The lowest BCUT2D eigenvalue weighted by atomic mass is 10.1. The summed E-state index contributed by atoms with van der Waals surface area (Å²) in [6.07, 6.45) is 2.64. The first-order chi connectivity index (χ1) is 13.5. The molecule has 3 rings (SSSR count). The number of anilines is 2. The highest BCUT2D eigenvalue weighted by Crippen LogP contribution is 2.24. The van der Waals surface area contributed by atoms with E-state index in [2.05, 4.69) is 34.1 Å². The lowest BCUT2D eigenvalue weighted by molar-refractivity contribution is -0.384. The smallest absolute Gasteiger partial charge is 0.295 e. The van der Waals surface area contributed by atoms with E-state index in [4.69, 9.17) is 0 Å². The van der Waals surface area contributed by atoms with Gasteiger partial charge in [0.1, 0.15) is 18.3 Å². The van der Waals surface area contributed by atoms with Crippen LogP contribution in [0.1, 0.15) is 24.2 Å². The molecule has 0 radical (unpaired) electrons. The topological polar surface area (TPSA) is 106 Å². The van der Waals surface area contributed by atoms with Gasteiger partial charge in [-0.3, -0.25) is 14.9 Å². The van der Waals surface area contributed by atoms with Crippen LogP contribution >= 0.6 is 0 Å². The number of benzene rings is 2. The average molecular weight is 380 g/mol. The molecule has 1 amide bonds. The second-order valence-corrected chi connectivity index (χ2v) is 5.97. The summed E-state index contributed by atoms with van der Waals surface area (Å²) in [5.74, 6) is -0.427. The Morgan fingerprint density at radius 3 is 2.46 bits per heavy atom. The van der Waals surface area contributed by atoms with E-state index in [0.717, 1.165) is 18.8 Å². The highest BCUT2D eigenvalue weighted by Gasteiger charge is 2.19. The maximum atomic E-state index is 12.5. The third-order valence-corrected chi connectivity index (χ3v) is 4.35. The molecular weight excluding hydrogens is 360 g/mol. The number of rotatable bonds is 7. The minimum Gasteiger partial charge on any atom is -0.372 e. The van der Waals surface area contributed by atoms with Gasteiger partial charge in [0.15, 0.2) is 0 Å². The second kappa shape index (κ2) is 8.30. The van der Waals surface area contributed by atoms with Crippen LogP contribution in [0.2, 0.25) is 0 Å². The predicted molar refractivity (Wildman–Crippen MR) is 106 cm³/mol. The number of aromatic nitrogens is 3. The Morgan fingerprint density at radius 2 is 1.89 bits per heavy atom. The highest BCUT2D eigenvalue weighted by molar-refractivity contribution is 6.05. The normalized spacial score (nSPS) is 10.5. The van der Waals surface area contributed by atoms with Crippen LogP contribution in [0.4, 0.5) is 17.1 Å². The predicted octanol–water partition coefficient (Wildman–Crippen LogP) is 3.27. The Kier molecular flexibility index (Phi) is 5.64. The summed E-state index contributed by atoms with van der Waals surface area (Å²) in [6, 6.07) is 11.7.